The molecule has 2 rings (SSSR count). The average Bonchev–Trinajstić information content (AvgIpc) is 2.94. The Balaban J connectivity index is 2.07. The van der Waals surface area contributed by atoms with Crippen molar-refractivity contribution in [1.29, 1.82) is 0 Å². The fourth-order valence-electron chi connectivity index (χ4n) is 2.57. The van der Waals surface area contributed by atoms with E-state index in [-0.39, 0.29) is 23.9 Å². The Kier molecular flexibility index (Phi) is 5.11. The fraction of sp³-hybridized carbons (Fsp3) is 0.643. The molecule has 1 fully saturated rings. The Labute approximate surface area is 123 Å². The van der Waals surface area contributed by atoms with Gasteiger partial charge in [0.05, 0.1) is 5.01 Å². The molecule has 0 aromatic carbocycles. The van der Waals surface area contributed by atoms with Crippen LogP contribution in [-0.2, 0) is 16.0 Å². The quantitative estimate of drug-likeness (QED) is 0.867. The number of aromatic nitrogens is 1. The molecule has 110 valence electrons. The summed E-state index contributed by atoms with van der Waals surface area (Å²) in [4.78, 5) is 30.6. The van der Waals surface area contributed by atoms with Crippen LogP contribution < -0.4 is 5.32 Å². The molecule has 0 bridgehead atoms. The predicted molar refractivity (Wildman–Crippen MR) is 78.4 cm³/mol. The zero-order valence-electron chi connectivity index (χ0n) is 12.0. The van der Waals surface area contributed by atoms with Gasteiger partial charge in [-0.15, -0.1) is 11.3 Å². The van der Waals surface area contributed by atoms with Crippen LogP contribution in [0.2, 0.25) is 0 Å². The van der Waals surface area contributed by atoms with Gasteiger partial charge in [0.2, 0.25) is 11.8 Å². The van der Waals surface area contributed by atoms with Gasteiger partial charge in [-0.1, -0.05) is 20.3 Å². The molecule has 0 radical (unpaired) electrons. The van der Waals surface area contributed by atoms with E-state index >= 15 is 0 Å². The van der Waals surface area contributed by atoms with Crippen molar-refractivity contribution in [2.45, 2.75) is 51.6 Å². The maximum absolute atomic E-state index is 12.5. The normalized spacial score (nSPS) is 23.0. The molecule has 6 heteroatoms. The third kappa shape index (κ3) is 3.17. The first kappa shape index (κ1) is 15.0. The van der Waals surface area contributed by atoms with Gasteiger partial charge in [0.25, 0.3) is 0 Å². The van der Waals surface area contributed by atoms with Crippen molar-refractivity contribution in [3.63, 3.8) is 0 Å². The van der Waals surface area contributed by atoms with Gasteiger partial charge in [0.1, 0.15) is 12.1 Å². The topological polar surface area (TPSA) is 62.3 Å². The van der Waals surface area contributed by atoms with Crippen LogP contribution in [0.4, 0.5) is 0 Å². The van der Waals surface area contributed by atoms with E-state index in [4.69, 9.17) is 0 Å². The minimum atomic E-state index is -0.355. The Bertz CT molecular complexity index is 461. The first-order chi connectivity index (χ1) is 9.67. The molecule has 1 aromatic heterocycles. The summed E-state index contributed by atoms with van der Waals surface area (Å²) in [6, 6.07) is -0.692. The monoisotopic (exact) mass is 295 g/mol. The zero-order valence-corrected chi connectivity index (χ0v) is 12.8. The number of amides is 2. The van der Waals surface area contributed by atoms with E-state index in [1.54, 1.807) is 22.4 Å². The van der Waals surface area contributed by atoms with Crippen LogP contribution >= 0.6 is 11.3 Å². The number of hydrogen-bond donors (Lipinski definition) is 1. The smallest absolute Gasteiger partial charge is 0.245 e. The number of carbonyl (C=O) groups excluding carboxylic acids is 2. The summed E-state index contributed by atoms with van der Waals surface area (Å²) >= 11 is 1.58. The molecule has 1 aliphatic rings. The molecule has 0 saturated carbocycles. The van der Waals surface area contributed by atoms with E-state index in [1.807, 2.05) is 19.2 Å². The molecule has 0 spiro atoms. The number of hydrogen-bond acceptors (Lipinski definition) is 4. The summed E-state index contributed by atoms with van der Waals surface area (Å²) in [5.41, 5.74) is 0. The van der Waals surface area contributed by atoms with Gasteiger partial charge < -0.3 is 10.2 Å². The van der Waals surface area contributed by atoms with Crippen molar-refractivity contribution in [2.24, 2.45) is 0 Å². The van der Waals surface area contributed by atoms with E-state index in [9.17, 15) is 9.59 Å². The predicted octanol–water partition coefficient (Wildman–Crippen LogP) is 1.59. The molecule has 2 amide bonds. The maximum Gasteiger partial charge on any atom is 0.245 e. The van der Waals surface area contributed by atoms with E-state index in [0.717, 1.165) is 11.4 Å². The molecule has 1 N–H and O–H groups in total. The summed E-state index contributed by atoms with van der Waals surface area (Å²) in [5, 5.41) is 5.78. The maximum atomic E-state index is 12.5. The van der Waals surface area contributed by atoms with E-state index in [2.05, 4.69) is 10.3 Å². The second-order valence-corrected chi connectivity index (χ2v) is 5.96. The number of piperazine rings is 1. The average molecular weight is 295 g/mol. The Hall–Kier alpha value is -1.43. The first-order valence-corrected chi connectivity index (χ1v) is 8.04. The first-order valence-electron chi connectivity index (χ1n) is 7.16. The lowest BCUT2D eigenvalue weighted by Gasteiger charge is -2.38. The minimum absolute atomic E-state index is 0.0234. The molecular weight excluding hydrogens is 274 g/mol. The largest absolute Gasteiger partial charge is 0.343 e. The number of nitrogens with one attached hydrogen (secondary N) is 1. The Morgan fingerprint density at radius 2 is 2.20 bits per heavy atom. The molecule has 1 aliphatic heterocycles. The van der Waals surface area contributed by atoms with Gasteiger partial charge in [-0.25, -0.2) is 4.98 Å². The molecule has 1 aromatic rings. The molecule has 5 nitrogen and oxygen atoms in total. The second-order valence-electron chi connectivity index (χ2n) is 4.98. The SMILES string of the molecule is CCCC1NC(=O)C(CC)N(CCc2nccs2)C1=O. The number of carbonyl (C=O) groups is 2. The lowest BCUT2D eigenvalue weighted by atomic mass is 10.0. The standard InChI is InChI=1S/C14H21N3O2S/c1-3-5-10-14(19)17(11(4-2)13(18)16-10)8-6-12-15-7-9-20-12/h7,9-11H,3-6,8H2,1-2H3,(H,16,18). The van der Waals surface area contributed by atoms with Crippen molar-refractivity contribution in [3.8, 4) is 0 Å². The van der Waals surface area contributed by atoms with Crippen molar-refractivity contribution < 1.29 is 9.59 Å². The summed E-state index contributed by atoms with van der Waals surface area (Å²) in [7, 11) is 0. The van der Waals surface area contributed by atoms with Crippen molar-refractivity contribution in [3.05, 3.63) is 16.6 Å². The number of rotatable bonds is 6. The lowest BCUT2D eigenvalue weighted by Crippen LogP contribution is -2.63. The van der Waals surface area contributed by atoms with E-state index < -0.39 is 0 Å². The minimum Gasteiger partial charge on any atom is -0.343 e. The molecule has 20 heavy (non-hydrogen) atoms. The lowest BCUT2D eigenvalue weighted by molar-refractivity contribution is -0.149. The van der Waals surface area contributed by atoms with Crippen molar-refractivity contribution in [1.82, 2.24) is 15.2 Å². The van der Waals surface area contributed by atoms with E-state index in [0.29, 0.717) is 25.8 Å². The van der Waals surface area contributed by atoms with Crippen molar-refractivity contribution >= 4 is 23.2 Å². The van der Waals surface area contributed by atoms with Crippen LogP contribution in [0.3, 0.4) is 0 Å². The summed E-state index contributed by atoms with van der Waals surface area (Å²) < 4.78 is 0. The van der Waals surface area contributed by atoms with Gasteiger partial charge in [0, 0.05) is 24.5 Å². The molecule has 2 unspecified atom stereocenters. The molecular formula is C14H21N3O2S. The molecule has 2 atom stereocenters. The van der Waals surface area contributed by atoms with Gasteiger partial charge in [0.15, 0.2) is 0 Å². The fourth-order valence-corrected chi connectivity index (χ4v) is 3.18. The van der Waals surface area contributed by atoms with Gasteiger partial charge >= 0.3 is 0 Å². The van der Waals surface area contributed by atoms with Gasteiger partial charge in [-0.3, -0.25) is 9.59 Å². The van der Waals surface area contributed by atoms with E-state index in [1.165, 1.54) is 0 Å². The molecule has 2 heterocycles. The van der Waals surface area contributed by atoms with Crippen LogP contribution in [0.5, 0.6) is 0 Å². The van der Waals surface area contributed by atoms with Crippen LogP contribution in [0.1, 0.15) is 38.1 Å². The highest BCUT2D eigenvalue weighted by Gasteiger charge is 2.38. The van der Waals surface area contributed by atoms with Crippen LogP contribution in [0.15, 0.2) is 11.6 Å². The highest BCUT2D eigenvalue weighted by Crippen LogP contribution is 2.17. The summed E-state index contributed by atoms with van der Waals surface area (Å²) in [5.74, 6) is 0.0274. The molecule has 1 saturated heterocycles. The van der Waals surface area contributed by atoms with Gasteiger partial charge in [-0.2, -0.15) is 0 Å². The number of thiazole rings is 1. The van der Waals surface area contributed by atoms with Crippen LogP contribution in [0.25, 0.3) is 0 Å². The third-order valence-electron chi connectivity index (χ3n) is 3.59. The van der Waals surface area contributed by atoms with Crippen LogP contribution in [-0.4, -0.2) is 40.3 Å². The summed E-state index contributed by atoms with van der Waals surface area (Å²) in [6.07, 6.45) is 4.71. The zero-order chi connectivity index (χ0) is 14.5. The third-order valence-corrected chi connectivity index (χ3v) is 4.43. The highest BCUT2D eigenvalue weighted by molar-refractivity contribution is 7.09. The Morgan fingerprint density at radius 3 is 2.80 bits per heavy atom. The second kappa shape index (κ2) is 6.83. The summed E-state index contributed by atoms with van der Waals surface area (Å²) in [6.45, 7) is 4.53. The van der Waals surface area contributed by atoms with Gasteiger partial charge in [-0.05, 0) is 12.8 Å². The molecule has 0 aliphatic carbocycles. The highest BCUT2D eigenvalue weighted by atomic mass is 32.1. The van der Waals surface area contributed by atoms with Crippen molar-refractivity contribution in [2.75, 3.05) is 6.54 Å². The number of nitrogens with zero attached hydrogens (tertiary/aromatic N) is 2. The Morgan fingerprint density at radius 1 is 1.40 bits per heavy atom. The van der Waals surface area contributed by atoms with Crippen LogP contribution in [0, 0.1) is 0 Å².